The van der Waals surface area contributed by atoms with Crippen LogP contribution in [-0.4, -0.2) is 35.8 Å². The van der Waals surface area contributed by atoms with Gasteiger partial charge in [-0.05, 0) is 18.6 Å². The lowest BCUT2D eigenvalue weighted by atomic mass is 10.1. The zero-order chi connectivity index (χ0) is 17.8. The Morgan fingerprint density at radius 1 is 1.35 bits per heavy atom. The van der Waals surface area contributed by atoms with Crippen molar-refractivity contribution in [3.8, 4) is 5.75 Å². The van der Waals surface area contributed by atoms with E-state index < -0.39 is 0 Å². The van der Waals surface area contributed by atoms with E-state index in [-0.39, 0.29) is 18.2 Å². The fourth-order valence-electron chi connectivity index (χ4n) is 2.93. The Balaban J connectivity index is 1.36. The van der Waals surface area contributed by atoms with Crippen molar-refractivity contribution in [2.75, 3.05) is 19.8 Å². The number of pyridine rings is 1. The van der Waals surface area contributed by atoms with Crippen molar-refractivity contribution in [1.29, 1.82) is 0 Å². The van der Waals surface area contributed by atoms with Crippen LogP contribution in [0.25, 0.3) is 10.8 Å². The van der Waals surface area contributed by atoms with Crippen LogP contribution in [0.15, 0.2) is 47.2 Å². The molecule has 1 fully saturated rings. The van der Waals surface area contributed by atoms with Crippen LogP contribution in [0.3, 0.4) is 0 Å². The third kappa shape index (κ3) is 3.67. The maximum Gasteiger partial charge on any atom is 0.273 e. The molecule has 0 saturated carbocycles. The van der Waals surface area contributed by atoms with E-state index in [1.54, 1.807) is 18.5 Å². The summed E-state index contributed by atoms with van der Waals surface area (Å²) in [5.74, 6) is 1.34. The third-order valence-corrected chi connectivity index (χ3v) is 4.38. The number of hydrogen-bond acceptors (Lipinski definition) is 6. The topological polar surface area (TPSA) is 86.5 Å². The van der Waals surface area contributed by atoms with Crippen LogP contribution in [0.1, 0.15) is 22.7 Å². The normalized spacial score (nSPS) is 16.7. The number of carbonyl (C=O) groups excluding carboxylic acids is 1. The summed E-state index contributed by atoms with van der Waals surface area (Å²) in [7, 11) is 0. The van der Waals surface area contributed by atoms with E-state index in [2.05, 4.69) is 15.5 Å². The van der Waals surface area contributed by atoms with Gasteiger partial charge in [0.1, 0.15) is 12.4 Å². The first-order chi connectivity index (χ1) is 12.8. The molecule has 0 spiro atoms. The second kappa shape index (κ2) is 7.53. The molecule has 134 valence electrons. The number of carbonyl (C=O) groups is 1. The molecule has 0 bridgehead atoms. The third-order valence-electron chi connectivity index (χ3n) is 4.38. The average molecular weight is 353 g/mol. The summed E-state index contributed by atoms with van der Waals surface area (Å²) in [6, 6.07) is 9.27. The standard InChI is InChI=1S/C19H19N3O4/c23-19(21-9-13-5-7-24-11-13)17-8-15(26-22-17)12-25-18-3-1-2-14-10-20-6-4-16(14)18/h1-4,6,8,10,13H,5,7,9,11-12H2,(H,21,23). The predicted octanol–water partition coefficient (Wildman–Crippen LogP) is 2.57. The van der Waals surface area contributed by atoms with Crippen molar-refractivity contribution in [3.05, 3.63) is 54.2 Å². The predicted molar refractivity (Wildman–Crippen MR) is 93.8 cm³/mol. The van der Waals surface area contributed by atoms with Gasteiger partial charge in [0.05, 0.1) is 6.61 Å². The maximum absolute atomic E-state index is 12.1. The number of fused-ring (bicyclic) bond motifs is 1. The lowest BCUT2D eigenvalue weighted by Gasteiger charge is -2.07. The second-order valence-corrected chi connectivity index (χ2v) is 6.26. The molecule has 0 radical (unpaired) electrons. The Labute approximate surface area is 150 Å². The lowest BCUT2D eigenvalue weighted by Crippen LogP contribution is -2.29. The Hall–Kier alpha value is -2.93. The zero-order valence-electron chi connectivity index (χ0n) is 14.2. The molecular formula is C19H19N3O4. The fraction of sp³-hybridized carbons (Fsp3) is 0.316. The number of ether oxygens (including phenoxy) is 2. The van der Waals surface area contributed by atoms with Gasteiger partial charge in [0.15, 0.2) is 11.5 Å². The minimum Gasteiger partial charge on any atom is -0.485 e. The van der Waals surface area contributed by atoms with E-state index >= 15 is 0 Å². The van der Waals surface area contributed by atoms with Crippen LogP contribution in [0, 0.1) is 5.92 Å². The average Bonchev–Trinajstić information content (AvgIpc) is 3.36. The molecule has 1 aliphatic heterocycles. The van der Waals surface area contributed by atoms with Crippen LogP contribution in [0.4, 0.5) is 0 Å². The molecule has 1 N–H and O–H groups in total. The zero-order valence-corrected chi connectivity index (χ0v) is 14.2. The number of nitrogens with zero attached hydrogens (tertiary/aromatic N) is 2. The highest BCUT2D eigenvalue weighted by molar-refractivity contribution is 5.92. The molecule has 26 heavy (non-hydrogen) atoms. The van der Waals surface area contributed by atoms with Crippen LogP contribution >= 0.6 is 0 Å². The first kappa shape index (κ1) is 16.5. The molecule has 7 nitrogen and oxygen atoms in total. The number of benzene rings is 1. The molecule has 0 aliphatic carbocycles. The van der Waals surface area contributed by atoms with E-state index in [0.29, 0.717) is 24.8 Å². The summed E-state index contributed by atoms with van der Waals surface area (Å²) in [6.07, 6.45) is 4.48. The van der Waals surface area contributed by atoms with Crippen molar-refractivity contribution in [3.63, 3.8) is 0 Å². The summed E-state index contributed by atoms with van der Waals surface area (Å²) in [5, 5.41) is 8.66. The molecule has 1 aliphatic rings. The highest BCUT2D eigenvalue weighted by Crippen LogP contribution is 2.25. The summed E-state index contributed by atoms with van der Waals surface area (Å²) in [5.41, 5.74) is 0.254. The molecule has 7 heteroatoms. The first-order valence-corrected chi connectivity index (χ1v) is 8.56. The number of nitrogens with one attached hydrogen (secondary N) is 1. The fourth-order valence-corrected chi connectivity index (χ4v) is 2.93. The molecule has 2 aromatic heterocycles. The monoisotopic (exact) mass is 353 g/mol. The van der Waals surface area contributed by atoms with Crippen molar-refractivity contribution >= 4 is 16.7 Å². The number of amides is 1. The Kier molecular flexibility index (Phi) is 4.79. The molecule has 1 unspecified atom stereocenters. The van der Waals surface area contributed by atoms with Crippen LogP contribution in [-0.2, 0) is 11.3 Å². The second-order valence-electron chi connectivity index (χ2n) is 6.26. The SMILES string of the molecule is O=C(NCC1CCOC1)c1cc(COc2cccc3cnccc23)on1. The van der Waals surface area contributed by atoms with E-state index in [1.807, 2.05) is 24.3 Å². The molecule has 1 amide bonds. The van der Waals surface area contributed by atoms with Crippen LogP contribution < -0.4 is 10.1 Å². The summed E-state index contributed by atoms with van der Waals surface area (Å²) in [6.45, 7) is 2.23. The molecule has 4 rings (SSSR count). The summed E-state index contributed by atoms with van der Waals surface area (Å²) in [4.78, 5) is 16.2. The Morgan fingerprint density at radius 3 is 3.19 bits per heavy atom. The Bertz CT molecular complexity index is 897. The largest absolute Gasteiger partial charge is 0.485 e. The van der Waals surface area contributed by atoms with E-state index in [0.717, 1.165) is 29.5 Å². The van der Waals surface area contributed by atoms with E-state index in [4.69, 9.17) is 14.0 Å². The van der Waals surface area contributed by atoms with Crippen LogP contribution in [0.2, 0.25) is 0 Å². The van der Waals surface area contributed by atoms with Gasteiger partial charge in [-0.25, -0.2) is 0 Å². The molecule has 3 aromatic rings. The molecule has 1 aromatic carbocycles. The van der Waals surface area contributed by atoms with Crippen molar-refractivity contribution in [2.24, 2.45) is 5.92 Å². The highest BCUT2D eigenvalue weighted by Gasteiger charge is 2.18. The first-order valence-electron chi connectivity index (χ1n) is 8.56. The summed E-state index contributed by atoms with van der Waals surface area (Å²) >= 11 is 0. The van der Waals surface area contributed by atoms with Gasteiger partial charge in [-0.2, -0.15) is 0 Å². The van der Waals surface area contributed by atoms with Gasteiger partial charge in [-0.15, -0.1) is 0 Å². The van der Waals surface area contributed by atoms with E-state index in [9.17, 15) is 4.79 Å². The minimum absolute atomic E-state index is 0.193. The number of hydrogen-bond donors (Lipinski definition) is 1. The smallest absolute Gasteiger partial charge is 0.273 e. The molecule has 3 heterocycles. The van der Waals surface area contributed by atoms with Crippen LogP contribution in [0.5, 0.6) is 5.75 Å². The number of aromatic nitrogens is 2. The quantitative estimate of drug-likeness (QED) is 0.733. The van der Waals surface area contributed by atoms with Crippen molar-refractivity contribution in [1.82, 2.24) is 15.5 Å². The van der Waals surface area contributed by atoms with Gasteiger partial charge in [0.25, 0.3) is 5.91 Å². The lowest BCUT2D eigenvalue weighted by molar-refractivity contribution is 0.0935. The molecule has 1 saturated heterocycles. The van der Waals surface area contributed by atoms with Gasteiger partial charge in [-0.1, -0.05) is 17.3 Å². The Morgan fingerprint density at radius 2 is 2.31 bits per heavy atom. The van der Waals surface area contributed by atoms with Gasteiger partial charge in [0.2, 0.25) is 0 Å². The molecular weight excluding hydrogens is 334 g/mol. The van der Waals surface area contributed by atoms with Crippen molar-refractivity contribution in [2.45, 2.75) is 13.0 Å². The van der Waals surface area contributed by atoms with Crippen molar-refractivity contribution < 1.29 is 18.8 Å². The minimum atomic E-state index is -0.247. The van der Waals surface area contributed by atoms with Gasteiger partial charge in [-0.3, -0.25) is 9.78 Å². The van der Waals surface area contributed by atoms with Gasteiger partial charge in [0, 0.05) is 48.3 Å². The maximum atomic E-state index is 12.1. The molecule has 1 atom stereocenters. The highest BCUT2D eigenvalue weighted by atomic mass is 16.5. The van der Waals surface area contributed by atoms with E-state index in [1.165, 1.54) is 0 Å². The van der Waals surface area contributed by atoms with Gasteiger partial charge >= 0.3 is 0 Å². The van der Waals surface area contributed by atoms with Gasteiger partial charge < -0.3 is 19.3 Å². The number of rotatable bonds is 6. The summed E-state index contributed by atoms with van der Waals surface area (Å²) < 4.78 is 16.3.